The van der Waals surface area contributed by atoms with E-state index in [1.54, 1.807) is 13.2 Å². The first-order chi connectivity index (χ1) is 6.06. The second-order valence-corrected chi connectivity index (χ2v) is 3.78. The molecule has 0 saturated carbocycles. The van der Waals surface area contributed by atoms with Gasteiger partial charge in [0.15, 0.2) is 5.78 Å². The van der Waals surface area contributed by atoms with Crippen molar-refractivity contribution in [1.29, 1.82) is 0 Å². The molecule has 0 saturated heterocycles. The van der Waals surface area contributed by atoms with Crippen LogP contribution in [0.4, 0.5) is 0 Å². The van der Waals surface area contributed by atoms with E-state index in [-0.39, 0.29) is 5.78 Å². The van der Waals surface area contributed by atoms with Crippen LogP contribution in [0.15, 0.2) is 16.6 Å². The van der Waals surface area contributed by atoms with E-state index >= 15 is 0 Å². The number of rotatable bonds is 2. The minimum atomic E-state index is 0.0150. The molecule has 1 aromatic carbocycles. The third-order valence-corrected chi connectivity index (χ3v) is 2.28. The molecule has 0 aliphatic rings. The third-order valence-electron chi connectivity index (χ3n) is 1.82. The molecule has 0 fully saturated rings. The number of methoxy groups -OCH3 is 1. The molecule has 1 rings (SSSR count). The monoisotopic (exact) mass is 242 g/mol. The molecule has 0 heterocycles. The number of aryl methyl sites for hydroxylation is 1. The molecule has 0 aromatic heterocycles. The minimum absolute atomic E-state index is 0.0150. The standard InChI is InChI=1S/C10H11BrO2/c1-6-4-8(11)5-9(7(2)12)10(6)13-3/h4-5H,1-3H3. The van der Waals surface area contributed by atoms with Crippen LogP contribution < -0.4 is 4.74 Å². The van der Waals surface area contributed by atoms with Gasteiger partial charge in [0.05, 0.1) is 12.7 Å². The second-order valence-electron chi connectivity index (χ2n) is 2.86. The molecule has 0 atom stereocenters. The van der Waals surface area contributed by atoms with Crippen molar-refractivity contribution in [2.45, 2.75) is 13.8 Å². The number of hydrogen-bond acceptors (Lipinski definition) is 2. The van der Waals surface area contributed by atoms with Crippen LogP contribution in [-0.2, 0) is 0 Å². The van der Waals surface area contributed by atoms with Crippen LogP contribution in [0.3, 0.4) is 0 Å². The summed E-state index contributed by atoms with van der Waals surface area (Å²) in [5, 5.41) is 0. The highest BCUT2D eigenvalue weighted by Crippen LogP contribution is 2.27. The molecule has 3 heteroatoms. The normalized spacial score (nSPS) is 9.85. The summed E-state index contributed by atoms with van der Waals surface area (Å²) in [7, 11) is 1.57. The average molecular weight is 243 g/mol. The van der Waals surface area contributed by atoms with Crippen LogP contribution in [0.1, 0.15) is 22.8 Å². The van der Waals surface area contributed by atoms with Gasteiger partial charge in [0.2, 0.25) is 0 Å². The minimum Gasteiger partial charge on any atom is -0.496 e. The van der Waals surface area contributed by atoms with E-state index in [1.165, 1.54) is 6.92 Å². The van der Waals surface area contributed by atoms with Crippen LogP contribution in [-0.4, -0.2) is 12.9 Å². The fourth-order valence-electron chi connectivity index (χ4n) is 1.26. The molecule has 0 N–H and O–H groups in total. The van der Waals surface area contributed by atoms with Crippen LogP contribution in [0.25, 0.3) is 0 Å². The van der Waals surface area contributed by atoms with Gasteiger partial charge in [-0.25, -0.2) is 0 Å². The zero-order valence-corrected chi connectivity index (χ0v) is 9.44. The summed E-state index contributed by atoms with van der Waals surface area (Å²) < 4.78 is 6.05. The van der Waals surface area contributed by atoms with E-state index in [0.29, 0.717) is 11.3 Å². The van der Waals surface area contributed by atoms with Gasteiger partial charge in [0, 0.05) is 4.47 Å². The van der Waals surface area contributed by atoms with E-state index in [9.17, 15) is 4.79 Å². The summed E-state index contributed by atoms with van der Waals surface area (Å²) in [6.07, 6.45) is 0. The summed E-state index contributed by atoms with van der Waals surface area (Å²) >= 11 is 3.34. The van der Waals surface area contributed by atoms with Gasteiger partial charge < -0.3 is 4.74 Å². The van der Waals surface area contributed by atoms with Gasteiger partial charge in [-0.1, -0.05) is 15.9 Å². The lowest BCUT2D eigenvalue weighted by atomic mass is 10.1. The number of hydrogen-bond donors (Lipinski definition) is 0. The van der Waals surface area contributed by atoms with E-state index in [0.717, 1.165) is 10.0 Å². The Balaban J connectivity index is 3.38. The van der Waals surface area contributed by atoms with Crippen molar-refractivity contribution in [3.63, 3.8) is 0 Å². The Morgan fingerprint density at radius 3 is 2.54 bits per heavy atom. The summed E-state index contributed by atoms with van der Waals surface area (Å²) in [5.41, 5.74) is 1.58. The summed E-state index contributed by atoms with van der Waals surface area (Å²) in [6.45, 7) is 3.44. The number of benzene rings is 1. The van der Waals surface area contributed by atoms with Crippen molar-refractivity contribution in [2.24, 2.45) is 0 Å². The molecule has 13 heavy (non-hydrogen) atoms. The molecule has 0 radical (unpaired) electrons. The van der Waals surface area contributed by atoms with Crippen molar-refractivity contribution < 1.29 is 9.53 Å². The number of halogens is 1. The number of ketones is 1. The molecule has 0 bridgehead atoms. The maximum atomic E-state index is 11.2. The van der Waals surface area contributed by atoms with Gasteiger partial charge in [0.1, 0.15) is 5.75 Å². The van der Waals surface area contributed by atoms with Crippen molar-refractivity contribution in [1.82, 2.24) is 0 Å². The van der Waals surface area contributed by atoms with Gasteiger partial charge in [0.25, 0.3) is 0 Å². The summed E-state index contributed by atoms with van der Waals surface area (Å²) in [4.78, 5) is 11.2. The maximum absolute atomic E-state index is 11.2. The fraction of sp³-hybridized carbons (Fsp3) is 0.300. The first kappa shape index (κ1) is 10.3. The Morgan fingerprint density at radius 1 is 1.46 bits per heavy atom. The zero-order valence-electron chi connectivity index (χ0n) is 7.85. The number of ether oxygens (including phenoxy) is 1. The molecule has 0 aliphatic heterocycles. The smallest absolute Gasteiger partial charge is 0.163 e. The molecule has 0 spiro atoms. The van der Waals surface area contributed by atoms with E-state index in [2.05, 4.69) is 15.9 Å². The van der Waals surface area contributed by atoms with Crippen molar-refractivity contribution in [3.8, 4) is 5.75 Å². The average Bonchev–Trinajstić information content (AvgIpc) is 2.02. The SMILES string of the molecule is COc1c(C)cc(Br)cc1C(C)=O. The van der Waals surface area contributed by atoms with Crippen molar-refractivity contribution in [3.05, 3.63) is 27.7 Å². The molecule has 0 unspecified atom stereocenters. The van der Waals surface area contributed by atoms with Gasteiger partial charge in [-0.3, -0.25) is 4.79 Å². The Kier molecular flexibility index (Phi) is 3.09. The summed E-state index contributed by atoms with van der Waals surface area (Å²) in [5.74, 6) is 0.678. The highest BCUT2D eigenvalue weighted by molar-refractivity contribution is 9.10. The third kappa shape index (κ3) is 2.10. The highest BCUT2D eigenvalue weighted by atomic mass is 79.9. The largest absolute Gasteiger partial charge is 0.496 e. The predicted molar refractivity (Wildman–Crippen MR) is 55.4 cm³/mol. The van der Waals surface area contributed by atoms with Crippen molar-refractivity contribution in [2.75, 3.05) is 7.11 Å². The van der Waals surface area contributed by atoms with Gasteiger partial charge in [-0.2, -0.15) is 0 Å². The lowest BCUT2D eigenvalue weighted by Gasteiger charge is -2.09. The number of carbonyl (C=O) groups excluding carboxylic acids is 1. The summed E-state index contributed by atoms with van der Waals surface area (Å²) in [6, 6.07) is 3.69. The van der Waals surface area contributed by atoms with E-state index in [1.807, 2.05) is 13.0 Å². The van der Waals surface area contributed by atoms with Crippen LogP contribution in [0.5, 0.6) is 5.75 Å². The number of carbonyl (C=O) groups is 1. The number of Topliss-reactive ketones (excluding diaryl/α,β-unsaturated/α-hetero) is 1. The van der Waals surface area contributed by atoms with Gasteiger partial charge >= 0.3 is 0 Å². The van der Waals surface area contributed by atoms with Gasteiger partial charge in [-0.15, -0.1) is 0 Å². The van der Waals surface area contributed by atoms with Gasteiger partial charge in [-0.05, 0) is 31.5 Å². The zero-order chi connectivity index (χ0) is 10.0. The first-order valence-corrected chi connectivity index (χ1v) is 4.70. The maximum Gasteiger partial charge on any atom is 0.163 e. The molecule has 1 aromatic rings. The highest BCUT2D eigenvalue weighted by Gasteiger charge is 2.11. The van der Waals surface area contributed by atoms with Crippen LogP contribution in [0, 0.1) is 6.92 Å². The molecular formula is C10H11BrO2. The molecule has 0 amide bonds. The molecular weight excluding hydrogens is 232 g/mol. The Bertz CT molecular complexity index is 345. The van der Waals surface area contributed by atoms with Crippen molar-refractivity contribution >= 4 is 21.7 Å². The lowest BCUT2D eigenvalue weighted by molar-refractivity contribution is 0.101. The molecule has 0 aliphatic carbocycles. The second kappa shape index (κ2) is 3.92. The Hall–Kier alpha value is -0.830. The lowest BCUT2D eigenvalue weighted by Crippen LogP contribution is -1.99. The molecule has 70 valence electrons. The Labute approximate surface area is 86.0 Å². The van der Waals surface area contributed by atoms with Crippen LogP contribution in [0.2, 0.25) is 0 Å². The molecule has 2 nitrogen and oxygen atoms in total. The van der Waals surface area contributed by atoms with E-state index < -0.39 is 0 Å². The topological polar surface area (TPSA) is 26.3 Å². The van der Waals surface area contributed by atoms with E-state index in [4.69, 9.17) is 4.74 Å². The predicted octanol–water partition coefficient (Wildman–Crippen LogP) is 2.97. The quantitative estimate of drug-likeness (QED) is 0.746. The fourth-order valence-corrected chi connectivity index (χ4v) is 1.83. The Morgan fingerprint density at radius 2 is 2.08 bits per heavy atom. The van der Waals surface area contributed by atoms with Crippen LogP contribution >= 0.6 is 15.9 Å². The first-order valence-electron chi connectivity index (χ1n) is 3.91.